The summed E-state index contributed by atoms with van der Waals surface area (Å²) in [7, 11) is 0. The van der Waals surface area contributed by atoms with Crippen LogP contribution < -0.4 is 11.3 Å². The highest BCUT2D eigenvalue weighted by Crippen LogP contribution is 2.21. The monoisotopic (exact) mass is 416 g/mol. The van der Waals surface area contributed by atoms with Crippen molar-refractivity contribution in [3.8, 4) is 0 Å². The van der Waals surface area contributed by atoms with Gasteiger partial charge in [0.1, 0.15) is 0 Å². The summed E-state index contributed by atoms with van der Waals surface area (Å²) in [5.74, 6) is 7.22. The van der Waals surface area contributed by atoms with Gasteiger partial charge in [-0.05, 0) is 30.2 Å². The van der Waals surface area contributed by atoms with E-state index >= 15 is 0 Å². The van der Waals surface area contributed by atoms with E-state index in [9.17, 15) is 0 Å². The normalized spacial score (nSPS) is 11.5. The molecule has 0 spiro atoms. The number of hydrogen-bond donors (Lipinski definition) is 2. The maximum Gasteiger partial charge on any atom is 0.264 e. The molecule has 0 saturated carbocycles. The summed E-state index contributed by atoms with van der Waals surface area (Å²) in [4.78, 5) is 0. The second-order valence-electron chi connectivity index (χ2n) is 5.27. The first-order valence-corrected chi connectivity index (χ1v) is 9.35. The predicted molar refractivity (Wildman–Crippen MR) is 106 cm³/mol. The lowest BCUT2D eigenvalue weighted by atomic mass is 10.1. The molecule has 0 aliphatic carbocycles. The van der Waals surface area contributed by atoms with Crippen LogP contribution in [0.25, 0.3) is 0 Å². The van der Waals surface area contributed by atoms with Gasteiger partial charge in [0, 0.05) is 10.2 Å². The van der Waals surface area contributed by atoms with Crippen molar-refractivity contribution >= 4 is 39.4 Å². The van der Waals surface area contributed by atoms with E-state index in [-0.39, 0.29) is 0 Å². The van der Waals surface area contributed by atoms with Crippen LogP contribution in [-0.4, -0.2) is 20.6 Å². The van der Waals surface area contributed by atoms with Crippen molar-refractivity contribution in [3.05, 3.63) is 70.2 Å². The summed E-state index contributed by atoms with van der Waals surface area (Å²) < 4.78 is 2.44. The fraction of sp³-hybridized carbons (Fsp3) is 0.118. The maximum atomic E-state index is 6.05. The Balaban J connectivity index is 1.64. The number of hydrogen-bond acceptors (Lipinski definition) is 6. The van der Waals surface area contributed by atoms with E-state index in [2.05, 4.69) is 48.8 Å². The molecular formula is C17H17BrN6S. The van der Waals surface area contributed by atoms with Crippen LogP contribution in [0.15, 0.2) is 69.3 Å². The topological polar surface area (TPSA) is 81.1 Å². The van der Waals surface area contributed by atoms with E-state index in [1.54, 1.807) is 0 Å². The minimum absolute atomic E-state index is 0.395. The Bertz CT molecular complexity index is 861. The van der Waals surface area contributed by atoms with Gasteiger partial charge in [-0.2, -0.15) is 5.10 Å². The summed E-state index contributed by atoms with van der Waals surface area (Å²) in [5.41, 5.74) is 5.91. The Morgan fingerprint density at radius 1 is 1.16 bits per heavy atom. The molecule has 0 aliphatic rings. The molecule has 0 unspecified atom stereocenters. The number of thioether (sulfide) groups is 1. The Kier molecular flexibility index (Phi) is 5.72. The van der Waals surface area contributed by atoms with Crippen molar-refractivity contribution in [1.82, 2.24) is 14.9 Å². The molecule has 2 aromatic carbocycles. The van der Waals surface area contributed by atoms with Crippen molar-refractivity contribution in [2.75, 3.05) is 11.3 Å². The number of nitrogen functional groups attached to an aromatic ring is 1. The fourth-order valence-corrected chi connectivity index (χ4v) is 3.14. The SMILES string of the molecule is C/C(=N\Nc1nnc(SCc2ccccc2)n1N)c1ccc(Br)cc1. The van der Waals surface area contributed by atoms with Crippen LogP contribution in [0.1, 0.15) is 18.1 Å². The minimum Gasteiger partial charge on any atom is -0.334 e. The van der Waals surface area contributed by atoms with Crippen LogP contribution in [0.3, 0.4) is 0 Å². The second kappa shape index (κ2) is 8.17. The number of nitrogens with two attached hydrogens (primary N) is 1. The maximum absolute atomic E-state index is 6.05. The van der Waals surface area contributed by atoms with Gasteiger partial charge in [0.2, 0.25) is 5.16 Å². The number of halogens is 1. The van der Waals surface area contributed by atoms with Gasteiger partial charge in [0.05, 0.1) is 5.71 Å². The van der Waals surface area contributed by atoms with Gasteiger partial charge in [-0.25, -0.2) is 10.1 Å². The number of hydrazone groups is 1. The molecule has 0 atom stereocenters. The van der Waals surface area contributed by atoms with E-state index in [1.807, 2.05) is 49.4 Å². The van der Waals surface area contributed by atoms with Crippen molar-refractivity contribution in [2.45, 2.75) is 17.8 Å². The third-order valence-corrected chi connectivity index (χ3v) is 5.00. The van der Waals surface area contributed by atoms with E-state index in [0.29, 0.717) is 11.1 Å². The molecule has 8 heteroatoms. The zero-order valence-corrected chi connectivity index (χ0v) is 16.0. The average Bonchev–Trinajstić information content (AvgIpc) is 2.99. The lowest BCUT2D eigenvalue weighted by molar-refractivity contribution is 0.846. The Hall–Kier alpha value is -2.32. The highest BCUT2D eigenvalue weighted by molar-refractivity contribution is 9.10. The first-order valence-electron chi connectivity index (χ1n) is 7.57. The zero-order valence-electron chi connectivity index (χ0n) is 13.6. The van der Waals surface area contributed by atoms with E-state index < -0.39 is 0 Å². The van der Waals surface area contributed by atoms with Crippen LogP contribution in [0.4, 0.5) is 5.95 Å². The van der Waals surface area contributed by atoms with Crippen LogP contribution in [0, 0.1) is 0 Å². The van der Waals surface area contributed by atoms with Crippen LogP contribution in [0.2, 0.25) is 0 Å². The van der Waals surface area contributed by atoms with Crippen LogP contribution >= 0.6 is 27.7 Å². The molecule has 6 nitrogen and oxygen atoms in total. The van der Waals surface area contributed by atoms with Gasteiger partial charge in [-0.3, -0.25) is 0 Å². The molecule has 3 N–H and O–H groups in total. The van der Waals surface area contributed by atoms with E-state index in [1.165, 1.54) is 22.0 Å². The highest BCUT2D eigenvalue weighted by Gasteiger charge is 2.10. The largest absolute Gasteiger partial charge is 0.334 e. The van der Waals surface area contributed by atoms with Gasteiger partial charge in [-0.15, -0.1) is 10.2 Å². The molecule has 0 amide bonds. The summed E-state index contributed by atoms with van der Waals surface area (Å²) in [5, 5.41) is 13.1. The lowest BCUT2D eigenvalue weighted by Crippen LogP contribution is -2.13. The third-order valence-electron chi connectivity index (χ3n) is 3.46. The van der Waals surface area contributed by atoms with Crippen molar-refractivity contribution in [1.29, 1.82) is 0 Å². The van der Waals surface area contributed by atoms with E-state index in [0.717, 1.165) is 21.5 Å². The number of nitrogens with zero attached hydrogens (tertiary/aromatic N) is 4. The molecule has 0 radical (unpaired) electrons. The third kappa shape index (κ3) is 4.61. The molecule has 128 valence electrons. The van der Waals surface area contributed by atoms with Crippen LogP contribution in [-0.2, 0) is 5.75 Å². The Morgan fingerprint density at radius 2 is 1.88 bits per heavy atom. The average molecular weight is 417 g/mol. The molecule has 3 aromatic rings. The molecule has 0 saturated heterocycles. The molecule has 0 aliphatic heterocycles. The number of aromatic nitrogens is 3. The molecular weight excluding hydrogens is 400 g/mol. The molecule has 0 fully saturated rings. The zero-order chi connectivity index (χ0) is 17.6. The first-order chi connectivity index (χ1) is 12.1. The summed E-state index contributed by atoms with van der Waals surface area (Å²) >= 11 is 4.94. The number of rotatable bonds is 6. The number of benzene rings is 2. The minimum atomic E-state index is 0.395. The van der Waals surface area contributed by atoms with Gasteiger partial charge >= 0.3 is 0 Å². The first kappa shape index (κ1) is 17.5. The molecule has 1 heterocycles. The summed E-state index contributed by atoms with van der Waals surface area (Å²) in [6, 6.07) is 18.1. The number of anilines is 1. The van der Waals surface area contributed by atoms with Crippen molar-refractivity contribution in [3.63, 3.8) is 0 Å². The predicted octanol–water partition coefficient (Wildman–Crippen LogP) is 3.88. The van der Waals surface area contributed by atoms with Crippen molar-refractivity contribution < 1.29 is 0 Å². The van der Waals surface area contributed by atoms with Crippen molar-refractivity contribution in [2.24, 2.45) is 5.10 Å². The van der Waals surface area contributed by atoms with Gasteiger partial charge in [0.25, 0.3) is 5.95 Å². The molecule has 25 heavy (non-hydrogen) atoms. The quantitative estimate of drug-likeness (QED) is 0.275. The summed E-state index contributed by atoms with van der Waals surface area (Å²) in [6.45, 7) is 1.92. The Labute approximate surface area is 158 Å². The van der Waals surface area contributed by atoms with Crippen LogP contribution in [0.5, 0.6) is 0 Å². The van der Waals surface area contributed by atoms with Gasteiger partial charge in [-0.1, -0.05) is 70.2 Å². The molecule has 0 bridgehead atoms. The molecule has 1 aromatic heterocycles. The smallest absolute Gasteiger partial charge is 0.264 e. The van der Waals surface area contributed by atoms with Gasteiger partial charge in [0.15, 0.2) is 0 Å². The fourth-order valence-electron chi connectivity index (χ4n) is 2.06. The summed E-state index contributed by atoms with van der Waals surface area (Å²) in [6.07, 6.45) is 0. The Morgan fingerprint density at radius 3 is 2.60 bits per heavy atom. The molecule has 3 rings (SSSR count). The van der Waals surface area contributed by atoms with E-state index in [4.69, 9.17) is 5.84 Å². The standard InChI is InChI=1S/C17H17BrN6S/c1-12(14-7-9-15(18)10-8-14)20-21-16-22-23-17(24(16)19)25-11-13-5-3-2-4-6-13/h2-10H,11,19H2,1H3,(H,21,22)/b20-12+. The highest BCUT2D eigenvalue weighted by atomic mass is 79.9. The van der Waals surface area contributed by atoms with Gasteiger partial charge < -0.3 is 5.84 Å². The second-order valence-corrected chi connectivity index (χ2v) is 7.12. The number of nitrogens with one attached hydrogen (secondary N) is 1. The lowest BCUT2D eigenvalue weighted by Gasteiger charge is -2.05.